The largest absolute Gasteiger partial charge is 0.481 e. The Bertz CT molecular complexity index is 362. The van der Waals surface area contributed by atoms with Crippen molar-refractivity contribution < 1.29 is 9.47 Å². The maximum absolute atomic E-state index is 5.72. The summed E-state index contributed by atoms with van der Waals surface area (Å²) in [6, 6.07) is 5.80. The van der Waals surface area contributed by atoms with Gasteiger partial charge in [0.25, 0.3) is 0 Å². The number of ether oxygens (including phenoxy) is 2. The van der Waals surface area contributed by atoms with Gasteiger partial charge < -0.3 is 14.8 Å². The third-order valence-electron chi connectivity index (χ3n) is 3.10. The van der Waals surface area contributed by atoms with Crippen LogP contribution in [0.3, 0.4) is 0 Å². The van der Waals surface area contributed by atoms with Crippen LogP contribution in [-0.4, -0.2) is 30.8 Å². The molecule has 4 heteroatoms. The quantitative estimate of drug-likeness (QED) is 0.846. The fourth-order valence-corrected chi connectivity index (χ4v) is 2.10. The number of hydrogen-bond acceptors (Lipinski definition) is 4. The van der Waals surface area contributed by atoms with Crippen molar-refractivity contribution in [1.82, 2.24) is 10.3 Å². The topological polar surface area (TPSA) is 43.4 Å². The predicted molar refractivity (Wildman–Crippen MR) is 66.1 cm³/mol. The molecule has 1 atom stereocenters. The first-order valence-corrected chi connectivity index (χ1v) is 6.06. The SMILES string of the molecule is COc1cccc(CNCC2(C)CCCO2)n1. The number of nitrogens with one attached hydrogen (secondary N) is 1. The van der Waals surface area contributed by atoms with Gasteiger partial charge in [0.05, 0.1) is 18.4 Å². The van der Waals surface area contributed by atoms with E-state index in [1.807, 2.05) is 18.2 Å². The molecule has 1 aliphatic heterocycles. The Balaban J connectivity index is 1.81. The first-order chi connectivity index (χ1) is 8.22. The fourth-order valence-electron chi connectivity index (χ4n) is 2.10. The summed E-state index contributed by atoms with van der Waals surface area (Å²) in [5, 5.41) is 3.39. The van der Waals surface area contributed by atoms with Crippen LogP contribution in [0, 0.1) is 0 Å². The zero-order chi connectivity index (χ0) is 12.1. The van der Waals surface area contributed by atoms with E-state index in [0.29, 0.717) is 5.88 Å². The third-order valence-corrected chi connectivity index (χ3v) is 3.10. The van der Waals surface area contributed by atoms with Crippen molar-refractivity contribution in [3.05, 3.63) is 23.9 Å². The average Bonchev–Trinajstić information content (AvgIpc) is 2.77. The molecule has 2 heterocycles. The van der Waals surface area contributed by atoms with Crippen molar-refractivity contribution in [2.45, 2.75) is 31.9 Å². The first-order valence-electron chi connectivity index (χ1n) is 6.06. The van der Waals surface area contributed by atoms with Crippen LogP contribution in [0.4, 0.5) is 0 Å². The molecule has 2 rings (SSSR count). The van der Waals surface area contributed by atoms with Crippen LogP contribution in [0.2, 0.25) is 0 Å². The number of methoxy groups -OCH3 is 1. The number of nitrogens with zero attached hydrogens (tertiary/aromatic N) is 1. The van der Waals surface area contributed by atoms with Gasteiger partial charge in [0.2, 0.25) is 5.88 Å². The zero-order valence-corrected chi connectivity index (χ0v) is 10.5. The summed E-state index contributed by atoms with van der Waals surface area (Å²) in [4.78, 5) is 4.35. The minimum absolute atomic E-state index is 0.00112. The molecule has 94 valence electrons. The van der Waals surface area contributed by atoms with Gasteiger partial charge in [-0.05, 0) is 25.8 Å². The van der Waals surface area contributed by atoms with Crippen LogP contribution in [-0.2, 0) is 11.3 Å². The summed E-state index contributed by atoms with van der Waals surface area (Å²) in [5.74, 6) is 0.660. The predicted octanol–water partition coefficient (Wildman–Crippen LogP) is 1.75. The Morgan fingerprint density at radius 1 is 1.53 bits per heavy atom. The van der Waals surface area contributed by atoms with Gasteiger partial charge in [0.15, 0.2) is 0 Å². The molecule has 0 amide bonds. The minimum Gasteiger partial charge on any atom is -0.481 e. The highest BCUT2D eigenvalue weighted by Crippen LogP contribution is 2.23. The van der Waals surface area contributed by atoms with Crippen LogP contribution in [0.5, 0.6) is 5.88 Å². The molecule has 1 saturated heterocycles. The summed E-state index contributed by atoms with van der Waals surface area (Å²) in [7, 11) is 1.63. The highest BCUT2D eigenvalue weighted by atomic mass is 16.5. The molecule has 1 N–H and O–H groups in total. The normalized spacial score (nSPS) is 23.9. The van der Waals surface area contributed by atoms with Gasteiger partial charge in [-0.3, -0.25) is 0 Å². The second kappa shape index (κ2) is 5.47. The number of rotatable bonds is 5. The van der Waals surface area contributed by atoms with E-state index in [4.69, 9.17) is 9.47 Å². The molecule has 1 aliphatic rings. The molecule has 0 bridgehead atoms. The molecular formula is C13H20N2O2. The molecule has 17 heavy (non-hydrogen) atoms. The Labute approximate surface area is 102 Å². The lowest BCUT2D eigenvalue weighted by atomic mass is 10.0. The van der Waals surface area contributed by atoms with E-state index in [0.717, 1.165) is 38.2 Å². The smallest absolute Gasteiger partial charge is 0.213 e. The highest BCUT2D eigenvalue weighted by molar-refractivity contribution is 5.15. The Hall–Kier alpha value is -1.13. The molecule has 0 spiro atoms. The van der Waals surface area contributed by atoms with Gasteiger partial charge in [-0.15, -0.1) is 0 Å². The Kier molecular flexibility index (Phi) is 3.97. The average molecular weight is 236 g/mol. The standard InChI is InChI=1S/C13H20N2O2/c1-13(7-4-8-17-13)10-14-9-11-5-3-6-12(15-11)16-2/h3,5-6,14H,4,7-10H2,1-2H3. The lowest BCUT2D eigenvalue weighted by Crippen LogP contribution is -2.36. The molecule has 0 radical (unpaired) electrons. The third kappa shape index (κ3) is 3.41. The maximum Gasteiger partial charge on any atom is 0.213 e. The molecule has 1 unspecified atom stereocenters. The van der Waals surface area contributed by atoms with E-state index < -0.39 is 0 Å². The van der Waals surface area contributed by atoms with Crippen LogP contribution in [0.1, 0.15) is 25.5 Å². The summed E-state index contributed by atoms with van der Waals surface area (Å²) in [6.45, 7) is 4.66. The molecule has 4 nitrogen and oxygen atoms in total. The lowest BCUT2D eigenvalue weighted by molar-refractivity contribution is 0.0206. The van der Waals surface area contributed by atoms with Crippen molar-refractivity contribution in [2.75, 3.05) is 20.3 Å². The highest BCUT2D eigenvalue weighted by Gasteiger charge is 2.28. The van der Waals surface area contributed by atoms with Crippen molar-refractivity contribution in [3.8, 4) is 5.88 Å². The van der Waals surface area contributed by atoms with Gasteiger partial charge in [-0.1, -0.05) is 6.07 Å². The van der Waals surface area contributed by atoms with E-state index in [9.17, 15) is 0 Å². The van der Waals surface area contributed by atoms with E-state index in [-0.39, 0.29) is 5.60 Å². The molecule has 1 fully saturated rings. The number of hydrogen-bond donors (Lipinski definition) is 1. The van der Waals surface area contributed by atoms with Gasteiger partial charge in [0.1, 0.15) is 0 Å². The molecule has 0 aromatic carbocycles. The molecule has 1 aromatic heterocycles. The second-order valence-electron chi connectivity index (χ2n) is 4.68. The summed E-state index contributed by atoms with van der Waals surface area (Å²) in [5.41, 5.74) is 0.990. The number of pyridine rings is 1. The van der Waals surface area contributed by atoms with E-state index in [1.165, 1.54) is 0 Å². The van der Waals surface area contributed by atoms with Crippen LogP contribution < -0.4 is 10.1 Å². The molecule has 1 aromatic rings. The fraction of sp³-hybridized carbons (Fsp3) is 0.615. The Morgan fingerprint density at radius 3 is 3.12 bits per heavy atom. The maximum atomic E-state index is 5.72. The summed E-state index contributed by atoms with van der Waals surface area (Å²) < 4.78 is 10.8. The van der Waals surface area contributed by atoms with Crippen molar-refractivity contribution >= 4 is 0 Å². The van der Waals surface area contributed by atoms with E-state index in [1.54, 1.807) is 7.11 Å². The van der Waals surface area contributed by atoms with Gasteiger partial charge in [0, 0.05) is 25.8 Å². The minimum atomic E-state index is -0.00112. The van der Waals surface area contributed by atoms with Crippen molar-refractivity contribution in [1.29, 1.82) is 0 Å². The second-order valence-corrected chi connectivity index (χ2v) is 4.68. The zero-order valence-electron chi connectivity index (χ0n) is 10.5. The lowest BCUT2D eigenvalue weighted by Gasteiger charge is -2.23. The summed E-state index contributed by atoms with van der Waals surface area (Å²) >= 11 is 0. The molecule has 0 aliphatic carbocycles. The van der Waals surface area contributed by atoms with Crippen LogP contribution >= 0.6 is 0 Å². The van der Waals surface area contributed by atoms with Crippen LogP contribution in [0.25, 0.3) is 0 Å². The molecular weight excluding hydrogens is 216 g/mol. The van der Waals surface area contributed by atoms with Gasteiger partial charge >= 0.3 is 0 Å². The van der Waals surface area contributed by atoms with Crippen molar-refractivity contribution in [3.63, 3.8) is 0 Å². The Morgan fingerprint density at radius 2 is 2.41 bits per heavy atom. The van der Waals surface area contributed by atoms with Crippen LogP contribution in [0.15, 0.2) is 18.2 Å². The van der Waals surface area contributed by atoms with Gasteiger partial charge in [-0.2, -0.15) is 0 Å². The first kappa shape index (κ1) is 12.3. The number of aromatic nitrogens is 1. The van der Waals surface area contributed by atoms with E-state index >= 15 is 0 Å². The van der Waals surface area contributed by atoms with E-state index in [2.05, 4.69) is 17.2 Å². The van der Waals surface area contributed by atoms with Gasteiger partial charge in [-0.25, -0.2) is 4.98 Å². The van der Waals surface area contributed by atoms with Crippen molar-refractivity contribution in [2.24, 2.45) is 0 Å². The molecule has 0 saturated carbocycles. The monoisotopic (exact) mass is 236 g/mol. The summed E-state index contributed by atoms with van der Waals surface area (Å²) in [6.07, 6.45) is 2.29.